The minimum absolute atomic E-state index is 0. The van der Waals surface area contributed by atoms with Crippen molar-refractivity contribution >= 4 is 35.5 Å². The Morgan fingerprint density at radius 1 is 1.25 bits per heavy atom. The molecule has 0 saturated carbocycles. The Morgan fingerprint density at radius 2 is 1.96 bits per heavy atom. The van der Waals surface area contributed by atoms with Crippen molar-refractivity contribution in [1.82, 2.24) is 14.5 Å². The number of hydrogen-bond donors (Lipinski definition) is 3. The number of sulfonamides is 1. The van der Waals surface area contributed by atoms with Gasteiger partial charge in [0.2, 0.25) is 15.9 Å². The van der Waals surface area contributed by atoms with Crippen molar-refractivity contribution in [3.63, 3.8) is 0 Å². The topological polar surface area (TPSA) is 110 Å². The van der Waals surface area contributed by atoms with Gasteiger partial charge in [-0.2, -0.15) is 4.31 Å². The number of amides is 1. The van der Waals surface area contributed by atoms with Gasteiger partial charge in [0, 0.05) is 32.2 Å². The van der Waals surface area contributed by atoms with Gasteiger partial charge in [0.1, 0.15) is 22.6 Å². The molecule has 2 heterocycles. The molecular weight excluding hydrogens is 419 g/mol. The summed E-state index contributed by atoms with van der Waals surface area (Å²) in [5, 5.41) is 21.7. The van der Waals surface area contributed by atoms with Crippen LogP contribution in [0.4, 0.5) is 8.78 Å². The van der Waals surface area contributed by atoms with Crippen LogP contribution in [0.1, 0.15) is 12.8 Å². The molecule has 3 N–H and O–H groups in total. The third kappa shape index (κ3) is 4.47. The van der Waals surface area contributed by atoms with E-state index in [1.165, 1.54) is 4.90 Å². The number of hydrogen-bond acceptors (Lipinski definition) is 6. The highest BCUT2D eigenvalue weighted by Crippen LogP contribution is 2.23. The molecule has 2 aliphatic heterocycles. The summed E-state index contributed by atoms with van der Waals surface area (Å²) >= 11 is 0. The van der Waals surface area contributed by atoms with Gasteiger partial charge in [0.25, 0.3) is 0 Å². The lowest BCUT2D eigenvalue weighted by molar-refractivity contribution is -0.134. The normalized spacial score (nSPS) is 23.4. The first kappa shape index (κ1) is 23.0. The maximum atomic E-state index is 14.0. The maximum absolute atomic E-state index is 14.0. The van der Waals surface area contributed by atoms with Gasteiger partial charge in [-0.1, -0.05) is 0 Å². The lowest BCUT2D eigenvalue weighted by Crippen LogP contribution is -2.60. The van der Waals surface area contributed by atoms with E-state index in [0.29, 0.717) is 25.5 Å². The Labute approximate surface area is 168 Å². The predicted octanol–water partition coefficient (Wildman–Crippen LogP) is -0.648. The van der Waals surface area contributed by atoms with E-state index < -0.39 is 51.6 Å². The number of nitrogens with zero attached hydrogens (tertiary/aromatic N) is 2. The lowest BCUT2D eigenvalue weighted by atomic mass is 9.77. The summed E-state index contributed by atoms with van der Waals surface area (Å²) in [6.07, 6.45) is 1.06. The second-order valence-corrected chi connectivity index (χ2v) is 8.51. The van der Waals surface area contributed by atoms with Gasteiger partial charge >= 0.3 is 7.12 Å². The summed E-state index contributed by atoms with van der Waals surface area (Å²) in [7, 11) is -5.92. The highest BCUT2D eigenvalue weighted by atomic mass is 35.5. The van der Waals surface area contributed by atoms with Crippen LogP contribution in [0.25, 0.3) is 0 Å². The van der Waals surface area contributed by atoms with Crippen molar-refractivity contribution in [2.45, 2.75) is 29.7 Å². The van der Waals surface area contributed by atoms with Crippen molar-refractivity contribution in [3.05, 3.63) is 29.8 Å². The standard InChI is InChI=1S/C15H20BF2N3O5S.ClH/c17-10-3-4-13(11(18)8-10)27(25,26)20-7-5-19-12(9-20)15(22)21-6-1-2-14(21)16(23)24;/h3-4,8,12,14,19,23-24H,1-2,5-7,9H2;1H/t12-,14-;/m0./s1. The molecule has 0 radical (unpaired) electrons. The summed E-state index contributed by atoms with van der Waals surface area (Å²) in [5.74, 6) is -3.26. The van der Waals surface area contributed by atoms with Crippen LogP contribution in [-0.4, -0.2) is 78.9 Å². The van der Waals surface area contributed by atoms with Crippen molar-refractivity contribution < 1.29 is 32.0 Å². The van der Waals surface area contributed by atoms with Crippen LogP contribution in [0.3, 0.4) is 0 Å². The fourth-order valence-electron chi connectivity index (χ4n) is 3.51. The predicted molar refractivity (Wildman–Crippen MR) is 99.1 cm³/mol. The van der Waals surface area contributed by atoms with Crippen molar-refractivity contribution in [2.75, 3.05) is 26.2 Å². The van der Waals surface area contributed by atoms with Gasteiger partial charge in [0.05, 0.1) is 5.94 Å². The van der Waals surface area contributed by atoms with E-state index in [9.17, 15) is 32.0 Å². The summed E-state index contributed by atoms with van der Waals surface area (Å²) in [6, 6.07) is 1.32. The Bertz CT molecular complexity index is 832. The third-order valence-electron chi connectivity index (χ3n) is 4.87. The van der Waals surface area contributed by atoms with E-state index in [4.69, 9.17) is 0 Å². The Kier molecular flexibility index (Phi) is 7.40. The molecule has 1 aromatic carbocycles. The molecule has 2 saturated heterocycles. The average Bonchev–Trinajstić information content (AvgIpc) is 3.11. The summed E-state index contributed by atoms with van der Waals surface area (Å²) in [4.78, 5) is 13.4. The van der Waals surface area contributed by atoms with E-state index in [1.54, 1.807) is 0 Å². The van der Waals surface area contributed by atoms with Crippen LogP contribution in [0.15, 0.2) is 23.1 Å². The Hall–Kier alpha value is -1.31. The second-order valence-electron chi connectivity index (χ2n) is 6.60. The van der Waals surface area contributed by atoms with E-state index in [1.807, 2.05) is 0 Å². The number of benzene rings is 1. The first-order valence-corrected chi connectivity index (χ1v) is 10.0. The number of halogens is 3. The summed E-state index contributed by atoms with van der Waals surface area (Å²) in [6.45, 7) is 0.301. The number of likely N-dealkylation sites (tertiary alicyclic amines) is 1. The highest BCUT2D eigenvalue weighted by molar-refractivity contribution is 7.89. The molecule has 0 unspecified atom stereocenters. The second kappa shape index (κ2) is 9.01. The lowest BCUT2D eigenvalue weighted by Gasteiger charge is -2.35. The maximum Gasteiger partial charge on any atom is 0.475 e. The van der Waals surface area contributed by atoms with Crippen LogP contribution >= 0.6 is 12.4 Å². The van der Waals surface area contributed by atoms with Crippen LogP contribution in [-0.2, 0) is 14.8 Å². The number of carbonyl (C=O) groups is 1. The van der Waals surface area contributed by atoms with Gasteiger partial charge in [-0.05, 0) is 25.0 Å². The van der Waals surface area contributed by atoms with Crippen molar-refractivity contribution in [3.8, 4) is 0 Å². The molecular formula is C15H21BClF2N3O5S. The van der Waals surface area contributed by atoms with Crippen LogP contribution < -0.4 is 5.32 Å². The molecule has 2 aliphatic rings. The molecule has 8 nitrogen and oxygen atoms in total. The van der Waals surface area contributed by atoms with Gasteiger partial charge in [0.15, 0.2) is 0 Å². The third-order valence-corrected chi connectivity index (χ3v) is 6.77. The SMILES string of the molecule is Cl.O=C([C@@H]1CN(S(=O)(=O)c2ccc(F)cc2F)CCN1)N1CCC[C@H]1B(O)O. The first-order valence-electron chi connectivity index (χ1n) is 8.57. The molecule has 0 bridgehead atoms. The molecule has 0 aromatic heterocycles. The molecule has 0 aliphatic carbocycles. The minimum atomic E-state index is -4.25. The summed E-state index contributed by atoms with van der Waals surface area (Å²) in [5.41, 5.74) is 0. The largest absolute Gasteiger partial charge is 0.475 e. The molecule has 13 heteroatoms. The molecule has 2 atom stereocenters. The first-order chi connectivity index (χ1) is 12.7. The van der Waals surface area contributed by atoms with Gasteiger partial charge in [-0.25, -0.2) is 17.2 Å². The Balaban J connectivity index is 0.00000280. The quantitative estimate of drug-likeness (QED) is 0.538. The van der Waals surface area contributed by atoms with E-state index in [2.05, 4.69) is 5.32 Å². The minimum Gasteiger partial charge on any atom is -0.426 e. The number of nitrogens with one attached hydrogen (secondary N) is 1. The van der Waals surface area contributed by atoms with E-state index >= 15 is 0 Å². The number of carbonyl (C=O) groups excluding carboxylic acids is 1. The molecule has 1 amide bonds. The monoisotopic (exact) mass is 439 g/mol. The van der Waals surface area contributed by atoms with Crippen molar-refractivity contribution in [2.24, 2.45) is 0 Å². The van der Waals surface area contributed by atoms with Gasteiger partial charge < -0.3 is 20.3 Å². The van der Waals surface area contributed by atoms with Crippen LogP contribution in [0.5, 0.6) is 0 Å². The van der Waals surface area contributed by atoms with Gasteiger partial charge in [-0.3, -0.25) is 4.79 Å². The fraction of sp³-hybridized carbons (Fsp3) is 0.533. The molecule has 0 spiro atoms. The zero-order valence-electron chi connectivity index (χ0n) is 14.8. The molecule has 2 fully saturated rings. The zero-order valence-corrected chi connectivity index (χ0v) is 16.4. The fourth-order valence-corrected chi connectivity index (χ4v) is 5.01. The highest BCUT2D eigenvalue weighted by Gasteiger charge is 2.42. The van der Waals surface area contributed by atoms with E-state index in [0.717, 1.165) is 16.4 Å². The van der Waals surface area contributed by atoms with Gasteiger partial charge in [-0.15, -0.1) is 12.4 Å². The molecule has 156 valence electrons. The average molecular weight is 440 g/mol. The Morgan fingerprint density at radius 3 is 2.61 bits per heavy atom. The smallest absolute Gasteiger partial charge is 0.426 e. The molecule has 28 heavy (non-hydrogen) atoms. The molecule has 1 aromatic rings. The molecule has 3 rings (SSSR count). The van der Waals surface area contributed by atoms with E-state index in [-0.39, 0.29) is 32.0 Å². The number of piperazine rings is 1. The summed E-state index contributed by atoms with van der Waals surface area (Å²) < 4.78 is 53.4. The zero-order chi connectivity index (χ0) is 19.8. The van der Waals surface area contributed by atoms with Crippen molar-refractivity contribution in [1.29, 1.82) is 0 Å². The number of rotatable bonds is 4. The van der Waals surface area contributed by atoms with Crippen LogP contribution in [0.2, 0.25) is 0 Å². The van der Waals surface area contributed by atoms with Crippen LogP contribution in [0, 0.1) is 11.6 Å².